The molecule has 1 aliphatic heterocycles. The van der Waals surface area contributed by atoms with Gasteiger partial charge >= 0.3 is 0 Å². The molecule has 2 aromatic heterocycles. The molecule has 0 atom stereocenters. The lowest BCUT2D eigenvalue weighted by Crippen LogP contribution is -2.02. The number of nitrogens with one attached hydrogen (secondary N) is 1. The number of aromatic nitrogens is 2. The normalized spacial score (nSPS) is 17.6. The third kappa shape index (κ3) is 2.40. The molecule has 1 fully saturated rings. The Hall–Kier alpha value is -2.77. The molecule has 1 N–H and O–H groups in total. The first-order chi connectivity index (χ1) is 13.6. The van der Waals surface area contributed by atoms with E-state index < -0.39 is 9.84 Å². The van der Waals surface area contributed by atoms with E-state index in [1.807, 2.05) is 41.9 Å². The summed E-state index contributed by atoms with van der Waals surface area (Å²) in [5.41, 5.74) is 6.04. The molecule has 0 spiro atoms. The van der Waals surface area contributed by atoms with Gasteiger partial charge in [0.05, 0.1) is 31.0 Å². The van der Waals surface area contributed by atoms with Gasteiger partial charge in [0.1, 0.15) is 0 Å². The fourth-order valence-electron chi connectivity index (χ4n) is 3.80. The second kappa shape index (κ2) is 5.62. The molecule has 2 aromatic carbocycles. The minimum Gasteiger partial charge on any atom is -0.355 e. The van der Waals surface area contributed by atoms with Crippen LogP contribution in [0.25, 0.3) is 27.2 Å². The molecule has 7 heteroatoms. The number of benzene rings is 2. The summed E-state index contributed by atoms with van der Waals surface area (Å²) < 4.78 is 27.1. The van der Waals surface area contributed by atoms with Crippen molar-refractivity contribution in [3.05, 3.63) is 58.6 Å². The number of nitrogens with zero attached hydrogens (tertiary/aromatic N) is 2. The van der Waals surface area contributed by atoms with Crippen LogP contribution < -0.4 is 5.32 Å². The van der Waals surface area contributed by atoms with Crippen molar-refractivity contribution in [1.82, 2.24) is 9.97 Å². The molecule has 6 rings (SSSR count). The van der Waals surface area contributed by atoms with Gasteiger partial charge in [-0.2, -0.15) is 0 Å². The minimum absolute atomic E-state index is 0.191. The number of hydrogen-bond donors (Lipinski definition) is 1. The van der Waals surface area contributed by atoms with Crippen molar-refractivity contribution < 1.29 is 8.42 Å². The zero-order valence-corrected chi connectivity index (χ0v) is 16.3. The maximum Gasteiger partial charge on any atom is 0.203 e. The smallest absolute Gasteiger partial charge is 0.203 e. The topological polar surface area (TPSA) is 72.0 Å². The van der Waals surface area contributed by atoms with Gasteiger partial charge in [-0.3, -0.25) is 4.98 Å². The van der Waals surface area contributed by atoms with Gasteiger partial charge in [0, 0.05) is 23.0 Å². The van der Waals surface area contributed by atoms with Crippen molar-refractivity contribution in [2.75, 3.05) is 5.32 Å². The first-order valence-electron chi connectivity index (χ1n) is 9.09. The van der Waals surface area contributed by atoms with E-state index in [2.05, 4.69) is 15.3 Å². The molecule has 0 bridgehead atoms. The maximum absolute atomic E-state index is 13.0. The highest BCUT2D eigenvalue weighted by atomic mass is 32.2. The van der Waals surface area contributed by atoms with Crippen LogP contribution in [0.1, 0.15) is 18.4 Å². The van der Waals surface area contributed by atoms with Gasteiger partial charge in [-0.1, -0.05) is 0 Å². The van der Waals surface area contributed by atoms with E-state index in [0.29, 0.717) is 9.80 Å². The second-order valence-corrected chi connectivity index (χ2v) is 10.1. The highest BCUT2D eigenvalue weighted by Crippen LogP contribution is 2.47. The number of anilines is 2. The monoisotopic (exact) mass is 405 g/mol. The molecular formula is C21H15N3O2S2. The van der Waals surface area contributed by atoms with Crippen LogP contribution in [-0.4, -0.2) is 18.4 Å². The summed E-state index contributed by atoms with van der Waals surface area (Å²) in [6, 6.07) is 11.6. The Bertz CT molecular complexity index is 1420. The number of allylic oxidation sites excluding steroid dienone is 1. The lowest BCUT2D eigenvalue weighted by atomic mass is 10.1. The van der Waals surface area contributed by atoms with Crippen LogP contribution in [0.15, 0.2) is 57.9 Å². The van der Waals surface area contributed by atoms with E-state index in [1.165, 1.54) is 0 Å². The minimum atomic E-state index is -3.39. The lowest BCUT2D eigenvalue weighted by molar-refractivity contribution is 0.601. The van der Waals surface area contributed by atoms with Crippen molar-refractivity contribution in [3.63, 3.8) is 0 Å². The Morgan fingerprint density at radius 1 is 1.04 bits per heavy atom. The molecule has 4 aromatic rings. The molecule has 2 aliphatic rings. The van der Waals surface area contributed by atoms with Crippen LogP contribution in [0.5, 0.6) is 0 Å². The van der Waals surface area contributed by atoms with Crippen LogP contribution in [0.2, 0.25) is 0 Å². The van der Waals surface area contributed by atoms with Gasteiger partial charge in [-0.05, 0) is 66.8 Å². The van der Waals surface area contributed by atoms with Crippen LogP contribution in [0, 0.1) is 5.92 Å². The van der Waals surface area contributed by atoms with Gasteiger partial charge in [0.15, 0.2) is 0 Å². The van der Waals surface area contributed by atoms with Crippen molar-refractivity contribution in [1.29, 1.82) is 0 Å². The molecule has 0 amide bonds. The van der Waals surface area contributed by atoms with Gasteiger partial charge < -0.3 is 5.32 Å². The Morgan fingerprint density at radius 2 is 1.93 bits per heavy atom. The summed E-state index contributed by atoms with van der Waals surface area (Å²) >= 11 is 1.60. The quantitative estimate of drug-likeness (QED) is 0.512. The highest BCUT2D eigenvalue weighted by molar-refractivity contribution is 7.95. The predicted octanol–water partition coefficient (Wildman–Crippen LogP) is 5.13. The van der Waals surface area contributed by atoms with Gasteiger partial charge in [-0.25, -0.2) is 13.4 Å². The van der Waals surface area contributed by atoms with E-state index in [1.54, 1.807) is 23.6 Å². The zero-order chi connectivity index (χ0) is 18.9. The molecular weight excluding hydrogens is 390 g/mol. The first-order valence-corrected chi connectivity index (χ1v) is 11.5. The van der Waals surface area contributed by atoms with Crippen molar-refractivity contribution in [3.8, 4) is 0 Å². The SMILES string of the molecule is O=S1(=O)C(C2CC2)=Cc2cc3nccc(Nc4ccc5scnc5c4)c3cc21. The second-order valence-electron chi connectivity index (χ2n) is 7.25. The number of sulfone groups is 1. The van der Waals surface area contributed by atoms with Gasteiger partial charge in [-0.15, -0.1) is 11.3 Å². The summed E-state index contributed by atoms with van der Waals surface area (Å²) in [5, 5.41) is 4.21. The molecule has 0 radical (unpaired) electrons. The molecule has 138 valence electrons. The average Bonchev–Trinajstić information content (AvgIpc) is 3.35. The molecule has 28 heavy (non-hydrogen) atoms. The third-order valence-corrected chi connectivity index (χ3v) is 8.17. The number of thiazole rings is 1. The Labute approximate surface area is 165 Å². The van der Waals surface area contributed by atoms with E-state index in [0.717, 1.165) is 50.9 Å². The van der Waals surface area contributed by atoms with Crippen molar-refractivity contribution in [2.24, 2.45) is 5.92 Å². The molecule has 0 unspecified atom stereocenters. The molecule has 1 aliphatic carbocycles. The van der Waals surface area contributed by atoms with E-state index in [9.17, 15) is 8.42 Å². The standard InChI is InChI=1S/C21H15N3O2S2/c25-28(26)20(12-1-2-12)8-13-7-17-15(10-21(13)28)16(5-6-22-17)24-14-3-4-19-18(9-14)23-11-27-19/h3-12H,1-2H2,(H,22,24). The van der Waals surface area contributed by atoms with Crippen molar-refractivity contribution in [2.45, 2.75) is 17.7 Å². The Balaban J connectivity index is 1.48. The number of fused-ring (bicyclic) bond motifs is 3. The number of pyridine rings is 1. The van der Waals surface area contributed by atoms with Crippen LogP contribution >= 0.6 is 11.3 Å². The molecule has 3 heterocycles. The summed E-state index contributed by atoms with van der Waals surface area (Å²) in [7, 11) is -3.39. The predicted molar refractivity (Wildman–Crippen MR) is 113 cm³/mol. The zero-order valence-electron chi connectivity index (χ0n) is 14.7. The maximum atomic E-state index is 13.0. The largest absolute Gasteiger partial charge is 0.355 e. The van der Waals surface area contributed by atoms with Crippen LogP contribution in [-0.2, 0) is 9.84 Å². The summed E-state index contributed by atoms with van der Waals surface area (Å²) in [6.45, 7) is 0. The highest BCUT2D eigenvalue weighted by Gasteiger charge is 2.39. The third-order valence-electron chi connectivity index (χ3n) is 5.36. The van der Waals surface area contributed by atoms with E-state index >= 15 is 0 Å². The molecule has 5 nitrogen and oxygen atoms in total. The fourth-order valence-corrected chi connectivity index (χ4v) is 6.37. The first kappa shape index (κ1) is 16.2. The van der Waals surface area contributed by atoms with Crippen LogP contribution in [0.3, 0.4) is 0 Å². The van der Waals surface area contributed by atoms with Gasteiger partial charge in [0.2, 0.25) is 9.84 Å². The Kier molecular flexibility index (Phi) is 3.25. The lowest BCUT2D eigenvalue weighted by Gasteiger charge is -2.11. The van der Waals surface area contributed by atoms with E-state index in [-0.39, 0.29) is 5.92 Å². The fraction of sp³-hybridized carbons (Fsp3) is 0.143. The number of hydrogen-bond acceptors (Lipinski definition) is 6. The summed E-state index contributed by atoms with van der Waals surface area (Å²) in [5.74, 6) is 0.191. The van der Waals surface area contributed by atoms with Gasteiger partial charge in [0.25, 0.3) is 0 Å². The number of rotatable bonds is 3. The summed E-state index contributed by atoms with van der Waals surface area (Å²) in [4.78, 5) is 9.79. The molecule has 0 saturated heterocycles. The average molecular weight is 406 g/mol. The van der Waals surface area contributed by atoms with Crippen molar-refractivity contribution >= 4 is 59.7 Å². The van der Waals surface area contributed by atoms with Crippen LogP contribution in [0.4, 0.5) is 11.4 Å². The Morgan fingerprint density at radius 3 is 2.79 bits per heavy atom. The molecule has 1 saturated carbocycles. The van der Waals surface area contributed by atoms with E-state index in [4.69, 9.17) is 0 Å². The summed E-state index contributed by atoms with van der Waals surface area (Å²) in [6.07, 6.45) is 5.50.